The van der Waals surface area contributed by atoms with Gasteiger partial charge in [-0.3, -0.25) is 4.79 Å². The normalized spacial score (nSPS) is 27.4. The molecule has 13 heteroatoms. The lowest BCUT2D eigenvalue weighted by Gasteiger charge is -2.40. The molecular formula is C23H22ClF3N4O4S. The van der Waals surface area contributed by atoms with Gasteiger partial charge in [-0.05, 0) is 60.7 Å². The summed E-state index contributed by atoms with van der Waals surface area (Å²) in [7, 11) is -4.08. The van der Waals surface area contributed by atoms with E-state index in [-0.39, 0.29) is 39.9 Å². The van der Waals surface area contributed by atoms with E-state index in [9.17, 15) is 31.5 Å². The van der Waals surface area contributed by atoms with Crippen molar-refractivity contribution in [2.45, 2.75) is 41.9 Å². The number of hydrogen-bond donors (Lipinski definition) is 2. The zero-order valence-corrected chi connectivity index (χ0v) is 20.5. The number of sulfone groups is 1. The van der Waals surface area contributed by atoms with Gasteiger partial charge in [0.2, 0.25) is 0 Å². The van der Waals surface area contributed by atoms with Gasteiger partial charge < -0.3 is 10.4 Å². The molecule has 0 spiro atoms. The van der Waals surface area contributed by atoms with E-state index in [4.69, 9.17) is 17.1 Å². The molecule has 2 aliphatic rings. The molecule has 1 amide bonds. The standard InChI is InChI=1S/C23H22ClF3N4O4S/c1-11-4-13-8-23(10-32,30-31-28)9-15(11)21(13)36(34,35)19-5-12(2-3-16(19)24)22(33)29-14-6-17(25)20(27)18(26)7-14/h2-3,5-7,11,13,15,21,32H,4,8-10H2,1H3,(H,29,33)/t11-,13?,15?,21+,23?/m0/s1. The van der Waals surface area contributed by atoms with Gasteiger partial charge in [-0.1, -0.05) is 23.6 Å². The first-order chi connectivity index (χ1) is 16.9. The molecule has 36 heavy (non-hydrogen) atoms. The van der Waals surface area contributed by atoms with Crippen molar-refractivity contribution in [3.63, 3.8) is 0 Å². The Balaban J connectivity index is 1.66. The van der Waals surface area contributed by atoms with Gasteiger partial charge in [-0.2, -0.15) is 0 Å². The Morgan fingerprint density at radius 2 is 1.92 bits per heavy atom. The second kappa shape index (κ2) is 9.59. The van der Waals surface area contributed by atoms with Gasteiger partial charge in [0, 0.05) is 28.3 Å². The van der Waals surface area contributed by atoms with Crippen LogP contribution in [0.4, 0.5) is 18.9 Å². The molecule has 2 N–H and O–H groups in total. The van der Waals surface area contributed by atoms with Gasteiger partial charge in [0.1, 0.15) is 0 Å². The maximum atomic E-state index is 13.8. The van der Waals surface area contributed by atoms with E-state index in [0.29, 0.717) is 18.6 Å². The molecule has 192 valence electrons. The molecule has 0 aliphatic heterocycles. The van der Waals surface area contributed by atoms with Crippen LogP contribution in [-0.2, 0) is 9.84 Å². The molecule has 0 heterocycles. The van der Waals surface area contributed by atoms with E-state index in [1.165, 1.54) is 12.1 Å². The SMILES string of the molecule is C[C@H]1CC2CC(CO)(N=[N+]=[N-])CC1[C@@H]2S(=O)(=O)c1cc(C(=O)Nc2cc(F)c(F)c(F)c2)ccc1Cl. The summed E-state index contributed by atoms with van der Waals surface area (Å²) < 4.78 is 67.8. The van der Waals surface area contributed by atoms with Gasteiger partial charge in [0.15, 0.2) is 27.3 Å². The van der Waals surface area contributed by atoms with E-state index >= 15 is 0 Å². The number of carbonyl (C=O) groups is 1. The first-order valence-electron chi connectivity index (χ1n) is 11.1. The second-order valence-electron chi connectivity index (χ2n) is 9.48. The van der Waals surface area contributed by atoms with Crippen molar-refractivity contribution in [2.75, 3.05) is 11.9 Å². The summed E-state index contributed by atoms with van der Waals surface area (Å²) in [6, 6.07) is 4.78. The van der Waals surface area contributed by atoms with Crippen LogP contribution < -0.4 is 5.32 Å². The van der Waals surface area contributed by atoms with E-state index < -0.39 is 62.4 Å². The van der Waals surface area contributed by atoms with Crippen molar-refractivity contribution in [2.24, 2.45) is 22.9 Å². The second-order valence-corrected chi connectivity index (χ2v) is 12.0. The molecule has 2 aromatic rings. The van der Waals surface area contributed by atoms with Gasteiger partial charge in [0.05, 0.1) is 27.3 Å². The van der Waals surface area contributed by atoms with E-state index in [2.05, 4.69) is 15.3 Å². The number of aliphatic hydroxyl groups excluding tert-OH is 1. The van der Waals surface area contributed by atoms with Crippen LogP contribution in [0.15, 0.2) is 40.3 Å². The maximum Gasteiger partial charge on any atom is 0.255 e. The highest BCUT2D eigenvalue weighted by Gasteiger charge is 2.57. The van der Waals surface area contributed by atoms with Crippen molar-refractivity contribution >= 4 is 33.0 Å². The number of rotatable bonds is 6. The summed E-state index contributed by atoms with van der Waals surface area (Å²) in [6.45, 7) is 1.51. The number of anilines is 1. The predicted octanol–water partition coefficient (Wildman–Crippen LogP) is 5.26. The molecule has 2 bridgehead atoms. The van der Waals surface area contributed by atoms with E-state index in [0.717, 1.165) is 6.07 Å². The lowest BCUT2D eigenvalue weighted by atomic mass is 9.75. The van der Waals surface area contributed by atoms with Gasteiger partial charge in [-0.15, -0.1) is 0 Å². The number of carbonyl (C=O) groups excluding carboxylic acids is 1. The van der Waals surface area contributed by atoms with Crippen LogP contribution in [0, 0.1) is 35.2 Å². The highest BCUT2D eigenvalue weighted by Crippen LogP contribution is 2.55. The molecule has 3 unspecified atom stereocenters. The molecule has 2 aliphatic carbocycles. The Morgan fingerprint density at radius 3 is 2.50 bits per heavy atom. The number of hydrogen-bond acceptors (Lipinski definition) is 5. The summed E-state index contributed by atoms with van der Waals surface area (Å²) in [4.78, 5) is 15.3. The van der Waals surface area contributed by atoms with Crippen LogP contribution in [0.25, 0.3) is 10.4 Å². The number of nitrogens with one attached hydrogen (secondary N) is 1. The van der Waals surface area contributed by atoms with Crippen LogP contribution in [0.1, 0.15) is 36.5 Å². The number of azide groups is 1. The number of halogens is 4. The van der Waals surface area contributed by atoms with Gasteiger partial charge in [-0.25, -0.2) is 21.6 Å². The van der Waals surface area contributed by atoms with Crippen LogP contribution in [0.5, 0.6) is 0 Å². The third kappa shape index (κ3) is 4.54. The third-order valence-corrected chi connectivity index (χ3v) is 10.0. The molecule has 2 aromatic carbocycles. The molecule has 4 rings (SSSR count). The monoisotopic (exact) mass is 542 g/mol. The Morgan fingerprint density at radius 1 is 1.25 bits per heavy atom. The molecule has 5 atom stereocenters. The number of aliphatic hydroxyl groups is 1. The maximum absolute atomic E-state index is 13.8. The van der Waals surface area contributed by atoms with E-state index in [1.807, 2.05) is 6.92 Å². The van der Waals surface area contributed by atoms with Crippen molar-refractivity contribution in [3.8, 4) is 0 Å². The molecular weight excluding hydrogens is 521 g/mol. The summed E-state index contributed by atoms with van der Waals surface area (Å²) in [5.41, 5.74) is 7.39. The van der Waals surface area contributed by atoms with Crippen molar-refractivity contribution in [1.29, 1.82) is 0 Å². The van der Waals surface area contributed by atoms with Crippen LogP contribution in [-0.4, -0.2) is 36.8 Å². The fraction of sp³-hybridized carbons (Fsp3) is 0.435. The first-order valence-corrected chi connectivity index (χ1v) is 13.0. The summed E-state index contributed by atoms with van der Waals surface area (Å²) in [6.07, 6.45) is 0.934. The molecule has 2 fully saturated rings. The fourth-order valence-electron chi connectivity index (χ4n) is 5.65. The first kappa shape index (κ1) is 26.3. The van der Waals surface area contributed by atoms with Crippen LogP contribution in [0.3, 0.4) is 0 Å². The van der Waals surface area contributed by atoms with Crippen molar-refractivity contribution in [1.82, 2.24) is 0 Å². The molecule has 0 radical (unpaired) electrons. The minimum absolute atomic E-state index is 0.0226. The molecule has 0 aromatic heterocycles. The zero-order chi connectivity index (χ0) is 26.4. The third-order valence-electron chi connectivity index (χ3n) is 7.20. The Bertz CT molecular complexity index is 1360. The largest absolute Gasteiger partial charge is 0.396 e. The minimum atomic E-state index is -4.08. The fourth-order valence-corrected chi connectivity index (χ4v) is 8.55. The number of benzene rings is 2. The predicted molar refractivity (Wildman–Crippen MR) is 126 cm³/mol. The van der Waals surface area contributed by atoms with Gasteiger partial charge in [0.25, 0.3) is 5.91 Å². The number of fused-ring (bicyclic) bond motifs is 2. The smallest absolute Gasteiger partial charge is 0.255 e. The highest BCUT2D eigenvalue weighted by molar-refractivity contribution is 7.92. The highest BCUT2D eigenvalue weighted by atomic mass is 35.5. The Labute approximate surface area is 210 Å². The average molecular weight is 543 g/mol. The van der Waals surface area contributed by atoms with E-state index in [1.54, 1.807) is 0 Å². The molecule has 8 nitrogen and oxygen atoms in total. The Hall–Kier alpha value is -2.79. The number of amides is 1. The zero-order valence-electron chi connectivity index (χ0n) is 19.0. The molecule has 2 saturated carbocycles. The van der Waals surface area contributed by atoms with Crippen molar-refractivity contribution in [3.05, 3.63) is 68.8 Å². The number of nitrogens with zero attached hydrogens (tertiary/aromatic N) is 3. The minimum Gasteiger partial charge on any atom is -0.396 e. The quantitative estimate of drug-likeness (QED) is 0.223. The topological polar surface area (TPSA) is 132 Å². The lowest BCUT2D eigenvalue weighted by molar-refractivity contribution is 0.102. The molecule has 0 saturated heterocycles. The lowest BCUT2D eigenvalue weighted by Crippen LogP contribution is -2.47. The summed E-state index contributed by atoms with van der Waals surface area (Å²) >= 11 is 6.25. The Kier molecular flexibility index (Phi) is 7.00. The van der Waals surface area contributed by atoms with Gasteiger partial charge >= 0.3 is 0 Å². The van der Waals surface area contributed by atoms with Crippen LogP contribution in [0.2, 0.25) is 5.02 Å². The van der Waals surface area contributed by atoms with Crippen LogP contribution >= 0.6 is 11.6 Å². The summed E-state index contributed by atoms with van der Waals surface area (Å²) in [5.74, 6) is -6.39. The summed E-state index contributed by atoms with van der Waals surface area (Å²) in [5, 5.41) is 14.9. The average Bonchev–Trinajstić information content (AvgIpc) is 3.04. The van der Waals surface area contributed by atoms with Crippen molar-refractivity contribution < 1.29 is 31.5 Å².